The molecule has 1 aliphatic heterocycles. The first-order chi connectivity index (χ1) is 8.10. The lowest BCUT2D eigenvalue weighted by Crippen LogP contribution is -2.57. The summed E-state index contributed by atoms with van der Waals surface area (Å²) in [5.41, 5.74) is 5.39. The van der Waals surface area contributed by atoms with Crippen molar-refractivity contribution in [1.29, 1.82) is 0 Å². The number of ether oxygens (including phenoxy) is 1. The summed E-state index contributed by atoms with van der Waals surface area (Å²) < 4.78 is 5.23. The molecular formula is C12H24N2O3. The molecule has 1 aliphatic rings. The summed E-state index contributed by atoms with van der Waals surface area (Å²) in [6.45, 7) is 2.07. The number of hydrogen-bond donors (Lipinski definition) is 2. The summed E-state index contributed by atoms with van der Waals surface area (Å²) in [6, 6.07) is 0. The number of unbranched alkanes of at least 4 members (excludes halogenated alkanes) is 2. The van der Waals surface area contributed by atoms with Crippen molar-refractivity contribution in [1.82, 2.24) is 4.90 Å². The lowest BCUT2D eigenvalue weighted by molar-refractivity contribution is -0.139. The minimum Gasteiger partial charge on any atom is -0.396 e. The normalized spacial score (nSPS) is 19.0. The average Bonchev–Trinajstić information content (AvgIpc) is 2.34. The van der Waals surface area contributed by atoms with Crippen molar-refractivity contribution in [3.8, 4) is 0 Å². The van der Waals surface area contributed by atoms with Crippen LogP contribution in [0.3, 0.4) is 0 Å². The molecule has 100 valence electrons. The summed E-state index contributed by atoms with van der Waals surface area (Å²) >= 11 is 0. The summed E-state index contributed by atoms with van der Waals surface area (Å²) in [5, 5.41) is 8.67. The van der Waals surface area contributed by atoms with Gasteiger partial charge in [-0.15, -0.1) is 0 Å². The van der Waals surface area contributed by atoms with Crippen molar-refractivity contribution in [3.05, 3.63) is 0 Å². The number of carbonyl (C=O) groups is 1. The van der Waals surface area contributed by atoms with Crippen molar-refractivity contribution in [3.63, 3.8) is 0 Å². The molecule has 0 spiro atoms. The molecule has 0 aromatic heterocycles. The van der Waals surface area contributed by atoms with Gasteiger partial charge in [-0.1, -0.05) is 0 Å². The molecule has 1 amide bonds. The highest BCUT2D eigenvalue weighted by atomic mass is 16.5. The molecule has 0 unspecified atom stereocenters. The van der Waals surface area contributed by atoms with Crippen LogP contribution in [-0.2, 0) is 9.53 Å². The Labute approximate surface area is 103 Å². The fraction of sp³-hybridized carbons (Fsp3) is 0.917. The Bertz CT molecular complexity index is 240. The molecule has 0 bridgehead atoms. The van der Waals surface area contributed by atoms with Crippen molar-refractivity contribution < 1.29 is 14.6 Å². The van der Waals surface area contributed by atoms with Gasteiger partial charge < -0.3 is 20.5 Å². The molecule has 1 fully saturated rings. The summed E-state index contributed by atoms with van der Waals surface area (Å²) in [5.74, 6) is 0.0183. The maximum atomic E-state index is 12.2. The van der Waals surface area contributed by atoms with Crippen LogP contribution in [0.25, 0.3) is 0 Å². The van der Waals surface area contributed by atoms with E-state index >= 15 is 0 Å². The van der Waals surface area contributed by atoms with Crippen molar-refractivity contribution in [2.75, 3.05) is 33.4 Å². The van der Waals surface area contributed by atoms with Gasteiger partial charge in [-0.25, -0.2) is 0 Å². The Morgan fingerprint density at radius 2 is 2.00 bits per heavy atom. The van der Waals surface area contributed by atoms with E-state index in [1.54, 1.807) is 11.9 Å². The van der Waals surface area contributed by atoms with Gasteiger partial charge in [-0.2, -0.15) is 0 Å². The Kier molecular flexibility index (Phi) is 5.88. The number of likely N-dealkylation sites (N-methyl/N-ethyl adjacent to an activating group) is 1. The van der Waals surface area contributed by atoms with Crippen LogP contribution in [0.5, 0.6) is 0 Å². The number of carbonyl (C=O) groups excluding carboxylic acids is 1. The van der Waals surface area contributed by atoms with Crippen LogP contribution >= 0.6 is 0 Å². The molecule has 0 aromatic carbocycles. The molecule has 5 heteroatoms. The van der Waals surface area contributed by atoms with Crippen molar-refractivity contribution in [2.45, 2.75) is 37.6 Å². The topological polar surface area (TPSA) is 75.8 Å². The highest BCUT2D eigenvalue weighted by Crippen LogP contribution is 2.20. The highest BCUT2D eigenvalue weighted by Gasteiger charge is 2.37. The molecule has 0 atom stereocenters. The number of nitrogens with two attached hydrogens (primary N) is 1. The van der Waals surface area contributed by atoms with Gasteiger partial charge in [0.1, 0.15) is 0 Å². The minimum atomic E-state index is -0.732. The van der Waals surface area contributed by atoms with E-state index in [9.17, 15) is 4.79 Å². The Hall–Kier alpha value is -0.650. The van der Waals surface area contributed by atoms with E-state index in [4.69, 9.17) is 15.6 Å². The van der Waals surface area contributed by atoms with E-state index in [2.05, 4.69) is 0 Å². The number of nitrogens with zero attached hydrogens (tertiary/aromatic N) is 1. The number of aliphatic hydroxyl groups excluding tert-OH is 1. The predicted molar refractivity (Wildman–Crippen MR) is 65.5 cm³/mol. The second-order valence-electron chi connectivity index (χ2n) is 4.78. The van der Waals surface area contributed by atoms with Crippen LogP contribution in [0, 0.1) is 0 Å². The maximum Gasteiger partial charge on any atom is 0.242 e. The first-order valence-corrected chi connectivity index (χ1v) is 6.33. The average molecular weight is 244 g/mol. The number of rotatable bonds is 6. The fourth-order valence-electron chi connectivity index (χ4n) is 2.07. The van der Waals surface area contributed by atoms with E-state index in [0.29, 0.717) is 32.6 Å². The van der Waals surface area contributed by atoms with Gasteiger partial charge >= 0.3 is 0 Å². The van der Waals surface area contributed by atoms with Crippen LogP contribution in [0.1, 0.15) is 32.1 Å². The zero-order valence-electron chi connectivity index (χ0n) is 10.7. The van der Waals surface area contributed by atoms with Crippen LogP contribution in [0.15, 0.2) is 0 Å². The number of hydrogen-bond acceptors (Lipinski definition) is 4. The number of aliphatic hydroxyl groups is 1. The van der Waals surface area contributed by atoms with Gasteiger partial charge in [-0.3, -0.25) is 4.79 Å². The largest absolute Gasteiger partial charge is 0.396 e. The van der Waals surface area contributed by atoms with Gasteiger partial charge in [0.15, 0.2) is 0 Å². The van der Waals surface area contributed by atoms with Crippen LogP contribution in [-0.4, -0.2) is 54.9 Å². The fourth-order valence-corrected chi connectivity index (χ4v) is 2.07. The first-order valence-electron chi connectivity index (χ1n) is 6.33. The quantitative estimate of drug-likeness (QED) is 0.651. The van der Waals surface area contributed by atoms with E-state index in [1.165, 1.54) is 0 Å². The van der Waals surface area contributed by atoms with Gasteiger partial charge in [-0.05, 0) is 32.1 Å². The molecule has 1 rings (SSSR count). The molecule has 3 N–H and O–H groups in total. The zero-order valence-corrected chi connectivity index (χ0v) is 10.7. The zero-order chi connectivity index (χ0) is 12.7. The number of amides is 1. The van der Waals surface area contributed by atoms with Gasteiger partial charge in [0.25, 0.3) is 0 Å². The Morgan fingerprint density at radius 3 is 2.59 bits per heavy atom. The van der Waals surface area contributed by atoms with E-state index in [-0.39, 0.29) is 12.5 Å². The van der Waals surface area contributed by atoms with Crippen molar-refractivity contribution in [2.24, 2.45) is 5.73 Å². The van der Waals surface area contributed by atoms with Crippen LogP contribution in [0.4, 0.5) is 0 Å². The molecular weight excluding hydrogens is 220 g/mol. The van der Waals surface area contributed by atoms with E-state index in [1.807, 2.05) is 0 Å². The van der Waals surface area contributed by atoms with Gasteiger partial charge in [0.2, 0.25) is 5.91 Å². The second-order valence-corrected chi connectivity index (χ2v) is 4.78. The molecule has 5 nitrogen and oxygen atoms in total. The van der Waals surface area contributed by atoms with Gasteiger partial charge in [0, 0.05) is 33.4 Å². The molecule has 1 saturated heterocycles. The predicted octanol–water partition coefficient (Wildman–Crippen LogP) is 0.115. The maximum absolute atomic E-state index is 12.2. The highest BCUT2D eigenvalue weighted by molar-refractivity contribution is 5.86. The van der Waals surface area contributed by atoms with E-state index < -0.39 is 5.54 Å². The third-order valence-electron chi connectivity index (χ3n) is 3.31. The lowest BCUT2D eigenvalue weighted by Gasteiger charge is -2.35. The monoisotopic (exact) mass is 244 g/mol. The SMILES string of the molecule is CN(CCCCCO)C(=O)C1(N)CCOCC1. The molecule has 0 saturated carbocycles. The minimum absolute atomic E-state index is 0.0183. The Balaban J connectivity index is 2.34. The molecule has 0 aromatic rings. The molecule has 0 aliphatic carbocycles. The summed E-state index contributed by atoms with van der Waals surface area (Å²) in [4.78, 5) is 13.9. The van der Waals surface area contributed by atoms with Gasteiger partial charge in [0.05, 0.1) is 5.54 Å². The molecule has 1 heterocycles. The third kappa shape index (κ3) is 4.26. The summed E-state index contributed by atoms with van der Waals surface area (Å²) in [6.07, 6.45) is 3.85. The first kappa shape index (κ1) is 14.4. The van der Waals surface area contributed by atoms with E-state index in [0.717, 1.165) is 19.3 Å². The summed E-state index contributed by atoms with van der Waals surface area (Å²) in [7, 11) is 1.80. The molecule has 0 radical (unpaired) electrons. The second kappa shape index (κ2) is 6.93. The smallest absolute Gasteiger partial charge is 0.242 e. The Morgan fingerprint density at radius 1 is 1.35 bits per heavy atom. The third-order valence-corrected chi connectivity index (χ3v) is 3.31. The van der Waals surface area contributed by atoms with Crippen molar-refractivity contribution >= 4 is 5.91 Å². The lowest BCUT2D eigenvalue weighted by atomic mass is 9.90. The molecule has 17 heavy (non-hydrogen) atoms. The van der Waals surface area contributed by atoms with Crippen LogP contribution in [0.2, 0.25) is 0 Å². The van der Waals surface area contributed by atoms with Crippen LogP contribution < -0.4 is 5.73 Å². The standard InChI is InChI=1S/C12H24N2O3/c1-14(7-3-2-4-8-15)11(16)12(13)5-9-17-10-6-12/h15H,2-10,13H2,1H3.